The minimum atomic E-state index is -0.328. The normalized spacial score (nSPS) is 27.5. The Hall–Kier alpha value is -2.29. The number of hydrazine groups is 1. The fourth-order valence-electron chi connectivity index (χ4n) is 4.58. The first-order valence-corrected chi connectivity index (χ1v) is 12.0. The van der Waals surface area contributed by atoms with Crippen LogP contribution >= 0.6 is 15.9 Å². The maximum absolute atomic E-state index is 12.9. The first kappa shape index (κ1) is 24.4. The van der Waals surface area contributed by atoms with Gasteiger partial charge in [0.1, 0.15) is 11.0 Å². The second-order valence-electron chi connectivity index (χ2n) is 9.75. The van der Waals surface area contributed by atoms with Crippen molar-refractivity contribution in [3.63, 3.8) is 0 Å². The van der Waals surface area contributed by atoms with Crippen molar-refractivity contribution in [3.05, 3.63) is 45.1 Å². The lowest BCUT2D eigenvalue weighted by molar-refractivity contribution is -0.122. The van der Waals surface area contributed by atoms with Gasteiger partial charge < -0.3 is 21.5 Å². The van der Waals surface area contributed by atoms with E-state index in [4.69, 9.17) is 0 Å². The van der Waals surface area contributed by atoms with E-state index in [0.717, 1.165) is 12.0 Å². The Morgan fingerprint density at radius 1 is 1.34 bits per heavy atom. The summed E-state index contributed by atoms with van der Waals surface area (Å²) in [6.45, 7) is 13.3. The number of halogens is 1. The number of hydrogen-bond donors (Lipinski definition) is 4. The van der Waals surface area contributed by atoms with Crippen LogP contribution in [-0.4, -0.2) is 27.8 Å². The third kappa shape index (κ3) is 5.03. The van der Waals surface area contributed by atoms with E-state index >= 15 is 0 Å². The first-order valence-electron chi connectivity index (χ1n) is 11.2. The van der Waals surface area contributed by atoms with E-state index in [9.17, 15) is 9.59 Å². The number of nitrogens with zero attached hydrogens (tertiary/aromatic N) is 2. The molecule has 1 aliphatic carbocycles. The Morgan fingerprint density at radius 3 is 2.72 bits per heavy atom. The molecule has 1 saturated carbocycles. The van der Waals surface area contributed by atoms with Crippen molar-refractivity contribution >= 4 is 27.5 Å². The Morgan fingerprint density at radius 2 is 2.06 bits per heavy atom. The molecule has 4 N–H and O–H groups in total. The summed E-state index contributed by atoms with van der Waals surface area (Å²) in [5.74, 6) is 1.28. The van der Waals surface area contributed by atoms with Gasteiger partial charge in [0.05, 0.1) is 17.9 Å². The molecule has 9 heteroatoms. The number of rotatable bonds is 6. The molecule has 0 radical (unpaired) electrons. The summed E-state index contributed by atoms with van der Waals surface area (Å²) >= 11 is 3.43. The molecular weight excluding hydrogens is 472 g/mol. The summed E-state index contributed by atoms with van der Waals surface area (Å²) in [7, 11) is 0. The Kier molecular flexibility index (Phi) is 7.37. The van der Waals surface area contributed by atoms with Crippen molar-refractivity contribution in [2.24, 2.45) is 23.2 Å². The molecule has 2 aliphatic rings. The molecule has 0 aromatic carbocycles. The van der Waals surface area contributed by atoms with Crippen LogP contribution in [0.5, 0.6) is 0 Å². The lowest BCUT2D eigenvalue weighted by Crippen LogP contribution is -2.48. The molecule has 32 heavy (non-hydrogen) atoms. The van der Waals surface area contributed by atoms with E-state index in [2.05, 4.69) is 77.1 Å². The Labute approximate surface area is 198 Å². The molecule has 1 aliphatic heterocycles. The van der Waals surface area contributed by atoms with Crippen LogP contribution in [0.3, 0.4) is 0 Å². The number of carbonyl (C=O) groups is 1. The van der Waals surface area contributed by atoms with Crippen LogP contribution in [0.2, 0.25) is 0 Å². The van der Waals surface area contributed by atoms with Crippen LogP contribution in [0.4, 0.5) is 5.69 Å². The Balaban J connectivity index is 1.67. The molecule has 1 aromatic rings. The SMILES string of the molecule is CC(NC(=O)Cn1ncc(N[C@@H]2C[C@H](C)C(C)(C)[C@H](C)[C@H]2C)c(Br)c1=O)C1=CNNC=C1. The minimum absolute atomic E-state index is 0.146. The topological polar surface area (TPSA) is 100 Å². The summed E-state index contributed by atoms with van der Waals surface area (Å²) in [5.41, 5.74) is 7.26. The zero-order valence-electron chi connectivity index (χ0n) is 19.7. The van der Waals surface area contributed by atoms with E-state index in [1.54, 1.807) is 18.6 Å². The van der Waals surface area contributed by atoms with Gasteiger partial charge in [-0.2, -0.15) is 5.10 Å². The predicted octanol–water partition coefficient (Wildman–Crippen LogP) is 3.13. The highest BCUT2D eigenvalue weighted by Crippen LogP contribution is 2.48. The maximum Gasteiger partial charge on any atom is 0.283 e. The van der Waals surface area contributed by atoms with E-state index < -0.39 is 0 Å². The van der Waals surface area contributed by atoms with Crippen molar-refractivity contribution in [3.8, 4) is 0 Å². The van der Waals surface area contributed by atoms with Crippen LogP contribution in [0.1, 0.15) is 48.0 Å². The molecule has 176 valence electrons. The molecule has 0 spiro atoms. The summed E-state index contributed by atoms with van der Waals surface area (Å²) in [5, 5.41) is 10.7. The third-order valence-electron chi connectivity index (χ3n) is 7.65. The van der Waals surface area contributed by atoms with Crippen molar-refractivity contribution in [1.82, 2.24) is 25.9 Å². The number of carbonyl (C=O) groups excluding carboxylic acids is 1. The third-order valence-corrected chi connectivity index (χ3v) is 8.42. The number of aromatic nitrogens is 2. The van der Waals surface area contributed by atoms with Gasteiger partial charge in [-0.1, -0.05) is 34.6 Å². The van der Waals surface area contributed by atoms with Crippen molar-refractivity contribution in [1.29, 1.82) is 0 Å². The van der Waals surface area contributed by atoms with Gasteiger partial charge in [-0.15, -0.1) is 0 Å². The zero-order chi connectivity index (χ0) is 23.6. The second-order valence-corrected chi connectivity index (χ2v) is 10.5. The quantitative estimate of drug-likeness (QED) is 0.472. The fraction of sp³-hybridized carbons (Fsp3) is 0.609. The van der Waals surface area contributed by atoms with Crippen molar-refractivity contribution in [2.75, 3.05) is 5.32 Å². The van der Waals surface area contributed by atoms with Gasteiger partial charge in [0, 0.05) is 18.4 Å². The highest BCUT2D eigenvalue weighted by atomic mass is 79.9. The maximum atomic E-state index is 12.9. The minimum Gasteiger partial charge on any atom is -0.380 e. The molecule has 3 rings (SSSR count). The summed E-state index contributed by atoms with van der Waals surface area (Å²) in [4.78, 5) is 25.3. The highest BCUT2D eigenvalue weighted by molar-refractivity contribution is 9.10. The molecule has 5 atom stereocenters. The largest absolute Gasteiger partial charge is 0.380 e. The zero-order valence-corrected chi connectivity index (χ0v) is 21.3. The first-order chi connectivity index (χ1) is 15.0. The lowest BCUT2D eigenvalue weighted by atomic mass is 9.58. The van der Waals surface area contributed by atoms with Gasteiger partial charge in [0.25, 0.3) is 5.56 Å². The summed E-state index contributed by atoms with van der Waals surface area (Å²) in [6.07, 6.45) is 8.07. The number of amides is 1. The number of hydrogen-bond acceptors (Lipinski definition) is 6. The number of nitrogens with one attached hydrogen (secondary N) is 4. The summed E-state index contributed by atoms with van der Waals surface area (Å²) in [6, 6.07) is 0.0555. The van der Waals surface area contributed by atoms with Gasteiger partial charge >= 0.3 is 0 Å². The van der Waals surface area contributed by atoms with E-state index in [-0.39, 0.29) is 35.5 Å². The van der Waals surface area contributed by atoms with Crippen LogP contribution in [0.25, 0.3) is 0 Å². The average Bonchev–Trinajstić information content (AvgIpc) is 2.76. The van der Waals surface area contributed by atoms with Crippen molar-refractivity contribution < 1.29 is 4.79 Å². The van der Waals surface area contributed by atoms with E-state index in [0.29, 0.717) is 27.9 Å². The molecule has 0 saturated heterocycles. The predicted molar refractivity (Wildman–Crippen MR) is 131 cm³/mol. The van der Waals surface area contributed by atoms with E-state index in [1.165, 1.54) is 4.68 Å². The van der Waals surface area contributed by atoms with Crippen LogP contribution in [-0.2, 0) is 11.3 Å². The Bertz CT molecular complexity index is 970. The highest BCUT2D eigenvalue weighted by Gasteiger charge is 2.43. The van der Waals surface area contributed by atoms with E-state index in [1.807, 2.05) is 13.0 Å². The molecule has 0 bridgehead atoms. The second kappa shape index (κ2) is 9.68. The van der Waals surface area contributed by atoms with Gasteiger partial charge in [-0.3, -0.25) is 9.59 Å². The standard InChI is InChI=1S/C23H35BrN6O2/c1-13-9-18(14(2)15(3)23(13,5)6)29-19-11-27-30(22(32)21(19)24)12-20(31)28-16(4)17-7-8-25-26-10-17/h7-8,10-11,13-16,18,25-26,29H,9,12H2,1-6H3,(H,28,31)/t13-,14+,15+,16?,18+/m0/s1. The molecule has 8 nitrogen and oxygen atoms in total. The number of anilines is 1. The molecule has 1 amide bonds. The monoisotopic (exact) mass is 506 g/mol. The van der Waals surface area contributed by atoms with Crippen LogP contribution < -0.4 is 27.0 Å². The fourth-order valence-corrected chi connectivity index (χ4v) is 5.00. The van der Waals surface area contributed by atoms with Crippen molar-refractivity contribution in [2.45, 2.75) is 66.6 Å². The van der Waals surface area contributed by atoms with Gasteiger partial charge in [-0.05, 0) is 64.1 Å². The molecular formula is C23H35BrN6O2. The molecule has 1 fully saturated rings. The molecule has 1 aromatic heterocycles. The van der Waals surface area contributed by atoms with Gasteiger partial charge in [0.15, 0.2) is 0 Å². The summed E-state index contributed by atoms with van der Waals surface area (Å²) < 4.78 is 1.58. The van der Waals surface area contributed by atoms with Crippen LogP contribution in [0, 0.1) is 23.2 Å². The smallest absolute Gasteiger partial charge is 0.283 e. The molecule has 1 unspecified atom stereocenters. The van der Waals surface area contributed by atoms with Gasteiger partial charge in [0.2, 0.25) is 5.91 Å². The van der Waals surface area contributed by atoms with Crippen LogP contribution in [0.15, 0.2) is 39.5 Å². The van der Waals surface area contributed by atoms with Gasteiger partial charge in [-0.25, -0.2) is 4.68 Å². The average molecular weight is 507 g/mol. The lowest BCUT2D eigenvalue weighted by Gasteiger charge is -2.50. The molecule has 2 heterocycles.